The number of hydrogen-bond donors (Lipinski definition) is 0. The Hall–Kier alpha value is -4.05. The van der Waals surface area contributed by atoms with E-state index in [0.717, 1.165) is 33.7 Å². The standard InChI is InChI=1S/C27H19F3N4O3/c28-15-6-7-16-19(11-15)18-10-14(18)12-37-34(26(36)13-4-5-13)27-31-23(16)17-8-9-22(35)33(25(17)32-27)24-20(29)2-1-3-21(24)30/h1-3,6-9,11,13-14,18H,4-5,10,12H2. The van der Waals surface area contributed by atoms with E-state index >= 15 is 0 Å². The number of rotatable bonds is 2. The van der Waals surface area contributed by atoms with E-state index in [0.29, 0.717) is 29.5 Å². The van der Waals surface area contributed by atoms with Crippen molar-refractivity contribution < 1.29 is 22.8 Å². The number of benzene rings is 2. The number of fused-ring (bicyclic) bond motifs is 8. The smallest absolute Gasteiger partial charge is 0.259 e. The lowest BCUT2D eigenvalue weighted by Crippen LogP contribution is -2.35. The van der Waals surface area contributed by atoms with Gasteiger partial charge in [0, 0.05) is 22.9 Å². The molecule has 1 aliphatic heterocycles. The minimum Gasteiger partial charge on any atom is -0.272 e. The molecule has 2 fully saturated rings. The fourth-order valence-electron chi connectivity index (χ4n) is 5.07. The molecule has 0 saturated heterocycles. The molecular formula is C27H19F3N4O3. The predicted octanol–water partition coefficient (Wildman–Crippen LogP) is 4.66. The lowest BCUT2D eigenvalue weighted by atomic mass is 9.97. The monoisotopic (exact) mass is 504 g/mol. The molecule has 0 spiro atoms. The Morgan fingerprint density at radius 2 is 1.78 bits per heavy atom. The summed E-state index contributed by atoms with van der Waals surface area (Å²) in [4.78, 5) is 41.3. The average molecular weight is 504 g/mol. The Bertz CT molecular complexity index is 1660. The van der Waals surface area contributed by atoms with Crippen LogP contribution in [0.5, 0.6) is 0 Å². The van der Waals surface area contributed by atoms with Crippen LogP contribution in [0.2, 0.25) is 0 Å². The summed E-state index contributed by atoms with van der Waals surface area (Å²) in [7, 11) is 0. The Balaban J connectivity index is 1.59. The van der Waals surface area contributed by atoms with Crippen LogP contribution in [0.15, 0.2) is 53.3 Å². The highest BCUT2D eigenvalue weighted by atomic mass is 19.1. The molecule has 2 unspecified atom stereocenters. The Morgan fingerprint density at radius 1 is 1.00 bits per heavy atom. The van der Waals surface area contributed by atoms with E-state index in [1.807, 2.05) is 0 Å². The zero-order chi connectivity index (χ0) is 25.4. The van der Waals surface area contributed by atoms with Crippen molar-refractivity contribution in [2.45, 2.75) is 25.2 Å². The summed E-state index contributed by atoms with van der Waals surface area (Å²) in [5.41, 5.74) is 0.214. The summed E-state index contributed by atoms with van der Waals surface area (Å²) in [6.07, 6.45) is 2.16. The molecule has 2 aromatic heterocycles. The van der Waals surface area contributed by atoms with E-state index in [-0.39, 0.29) is 41.9 Å². The second-order valence-corrected chi connectivity index (χ2v) is 9.72. The largest absolute Gasteiger partial charge is 0.272 e. The predicted molar refractivity (Wildman–Crippen MR) is 127 cm³/mol. The maximum absolute atomic E-state index is 14.9. The highest BCUT2D eigenvalue weighted by molar-refractivity contribution is 5.97. The molecule has 186 valence electrons. The molecule has 2 atom stereocenters. The number of amides is 1. The second kappa shape index (κ2) is 7.97. The van der Waals surface area contributed by atoms with Crippen LogP contribution < -0.4 is 10.6 Å². The van der Waals surface area contributed by atoms with Crippen LogP contribution in [0.4, 0.5) is 19.1 Å². The van der Waals surface area contributed by atoms with Crippen LogP contribution in [-0.4, -0.2) is 27.0 Å². The molecule has 0 radical (unpaired) electrons. The lowest BCUT2D eigenvalue weighted by Gasteiger charge is -2.23. The first-order valence-corrected chi connectivity index (χ1v) is 12.1. The molecule has 1 amide bonds. The summed E-state index contributed by atoms with van der Waals surface area (Å²) >= 11 is 0. The molecule has 7 nitrogen and oxygen atoms in total. The normalized spacial score (nSPS) is 20.4. The first-order chi connectivity index (χ1) is 17.9. The average Bonchev–Trinajstić information content (AvgIpc) is 3.79. The van der Waals surface area contributed by atoms with Gasteiger partial charge < -0.3 is 0 Å². The summed E-state index contributed by atoms with van der Waals surface area (Å²) in [6.45, 7) is 0.194. The minimum atomic E-state index is -0.956. The van der Waals surface area contributed by atoms with E-state index < -0.39 is 28.7 Å². The minimum absolute atomic E-state index is 0.00920. The molecule has 0 N–H and O–H groups in total. The Morgan fingerprint density at radius 3 is 2.54 bits per heavy atom. The van der Waals surface area contributed by atoms with Gasteiger partial charge in [-0.05, 0) is 73.1 Å². The summed E-state index contributed by atoms with van der Waals surface area (Å²) < 4.78 is 45.0. The number of pyridine rings is 1. The van der Waals surface area contributed by atoms with Gasteiger partial charge in [0.05, 0.1) is 12.3 Å². The third-order valence-electron chi connectivity index (χ3n) is 7.22. The first-order valence-electron chi connectivity index (χ1n) is 12.1. The van der Waals surface area contributed by atoms with Gasteiger partial charge in [-0.2, -0.15) is 10.0 Å². The third kappa shape index (κ3) is 3.54. The van der Waals surface area contributed by atoms with Gasteiger partial charge in [0.1, 0.15) is 23.1 Å². The number of nitrogens with zero attached hydrogens (tertiary/aromatic N) is 4. The number of hydrogen-bond acceptors (Lipinski definition) is 5. The Kier molecular flexibility index (Phi) is 4.78. The van der Waals surface area contributed by atoms with Gasteiger partial charge >= 0.3 is 0 Å². The van der Waals surface area contributed by atoms with Crippen molar-refractivity contribution >= 4 is 22.9 Å². The lowest BCUT2D eigenvalue weighted by molar-refractivity contribution is -0.127. The number of aromatic nitrogens is 3. The van der Waals surface area contributed by atoms with Crippen LogP contribution in [0, 0.1) is 29.3 Å². The van der Waals surface area contributed by atoms with Crippen molar-refractivity contribution in [3.63, 3.8) is 0 Å². The molecule has 4 aromatic rings. The van der Waals surface area contributed by atoms with Crippen molar-refractivity contribution in [3.05, 3.63) is 81.9 Å². The van der Waals surface area contributed by atoms with Crippen LogP contribution in [0.3, 0.4) is 0 Å². The van der Waals surface area contributed by atoms with Gasteiger partial charge in [-0.15, -0.1) is 0 Å². The van der Waals surface area contributed by atoms with E-state index in [1.54, 1.807) is 6.07 Å². The number of para-hydroxylation sites is 1. The molecular weight excluding hydrogens is 485 g/mol. The van der Waals surface area contributed by atoms with E-state index in [9.17, 15) is 22.8 Å². The molecule has 2 saturated carbocycles. The van der Waals surface area contributed by atoms with Crippen molar-refractivity contribution in [3.8, 4) is 16.9 Å². The first kappa shape index (κ1) is 22.2. The quantitative estimate of drug-likeness (QED) is 0.397. The molecule has 10 heteroatoms. The SMILES string of the molecule is O=C(C1CC1)N1OCC2CC2c2cc(F)ccc2-c2nc1nc1c2ccc(=O)n1-c1c(F)cccc1F. The molecule has 7 rings (SSSR count). The molecule has 2 aromatic carbocycles. The van der Waals surface area contributed by atoms with Crippen LogP contribution >= 0.6 is 0 Å². The Labute approximate surface area is 208 Å². The maximum Gasteiger partial charge on any atom is 0.259 e. The second-order valence-electron chi connectivity index (χ2n) is 9.72. The number of carbonyl (C=O) groups is 1. The van der Waals surface area contributed by atoms with E-state index in [1.165, 1.54) is 30.3 Å². The summed E-state index contributed by atoms with van der Waals surface area (Å²) in [5.74, 6) is -2.94. The third-order valence-corrected chi connectivity index (χ3v) is 7.22. The van der Waals surface area contributed by atoms with Gasteiger partial charge in [0.25, 0.3) is 17.4 Å². The fourth-order valence-corrected chi connectivity index (χ4v) is 5.07. The summed E-state index contributed by atoms with van der Waals surface area (Å²) in [5, 5.41) is 1.36. The molecule has 37 heavy (non-hydrogen) atoms. The van der Waals surface area contributed by atoms with Crippen molar-refractivity contribution in [1.82, 2.24) is 14.5 Å². The van der Waals surface area contributed by atoms with Crippen molar-refractivity contribution in [2.24, 2.45) is 11.8 Å². The number of carbonyl (C=O) groups excluding carboxylic acids is 1. The van der Waals surface area contributed by atoms with Crippen molar-refractivity contribution in [2.75, 3.05) is 11.7 Å². The summed E-state index contributed by atoms with van der Waals surface area (Å²) in [6, 6.07) is 10.3. The number of hydroxylamine groups is 1. The van der Waals surface area contributed by atoms with Gasteiger partial charge in [0.2, 0.25) is 0 Å². The highest BCUT2D eigenvalue weighted by Crippen LogP contribution is 2.51. The zero-order valence-electron chi connectivity index (χ0n) is 19.3. The van der Waals surface area contributed by atoms with Gasteiger partial charge in [-0.3, -0.25) is 19.0 Å². The van der Waals surface area contributed by atoms with Gasteiger partial charge in [0.15, 0.2) is 5.65 Å². The van der Waals surface area contributed by atoms with Crippen LogP contribution in [0.1, 0.15) is 30.7 Å². The van der Waals surface area contributed by atoms with Gasteiger partial charge in [-0.1, -0.05) is 6.07 Å². The molecule has 3 aliphatic rings. The fraction of sp³-hybridized carbons (Fsp3) is 0.259. The van der Waals surface area contributed by atoms with Crippen LogP contribution in [-0.2, 0) is 9.63 Å². The maximum atomic E-state index is 14.9. The number of halogens is 3. The molecule has 2 aliphatic carbocycles. The van der Waals surface area contributed by atoms with Gasteiger partial charge in [-0.25, -0.2) is 18.2 Å². The van der Waals surface area contributed by atoms with E-state index in [2.05, 4.69) is 9.97 Å². The molecule has 3 heterocycles. The topological polar surface area (TPSA) is 77.3 Å². The number of anilines is 1. The zero-order valence-corrected chi connectivity index (χ0v) is 19.3. The van der Waals surface area contributed by atoms with Crippen molar-refractivity contribution in [1.29, 1.82) is 0 Å². The van der Waals surface area contributed by atoms with Crippen LogP contribution in [0.25, 0.3) is 28.0 Å². The highest BCUT2D eigenvalue weighted by Gasteiger charge is 2.44. The van der Waals surface area contributed by atoms with E-state index in [4.69, 9.17) is 4.84 Å². The molecule has 2 bridgehead atoms.